The summed E-state index contributed by atoms with van der Waals surface area (Å²) in [5.41, 5.74) is 4.12. The van der Waals surface area contributed by atoms with Gasteiger partial charge in [0.1, 0.15) is 6.61 Å². The van der Waals surface area contributed by atoms with E-state index >= 15 is 0 Å². The Kier molecular flexibility index (Phi) is 5.97. The molecule has 25 heavy (non-hydrogen) atoms. The number of fused-ring (bicyclic) bond motifs is 1. The van der Waals surface area contributed by atoms with Crippen molar-refractivity contribution in [2.45, 2.75) is 58.5 Å². The molecule has 0 aliphatic heterocycles. The monoisotopic (exact) mass is 357 g/mol. The number of carbonyl (C=O) groups excluding carboxylic acids is 2. The number of aromatic nitrogens is 1. The number of ketones is 1. The van der Waals surface area contributed by atoms with Crippen LogP contribution in [0.2, 0.25) is 0 Å². The van der Waals surface area contributed by atoms with Crippen molar-refractivity contribution >= 4 is 23.1 Å². The summed E-state index contributed by atoms with van der Waals surface area (Å²) in [6.07, 6.45) is 5.62. The average Bonchev–Trinajstić information content (AvgIpc) is 3.26. The maximum Gasteiger partial charge on any atom is 0.306 e. The van der Waals surface area contributed by atoms with Crippen molar-refractivity contribution in [3.63, 3.8) is 0 Å². The van der Waals surface area contributed by atoms with E-state index in [1.807, 2.05) is 23.6 Å². The molecule has 0 fully saturated rings. The predicted octanol–water partition coefficient (Wildman–Crippen LogP) is 4.29. The molecule has 2 aromatic rings. The maximum absolute atomic E-state index is 12.3. The van der Waals surface area contributed by atoms with Crippen molar-refractivity contribution in [3.05, 3.63) is 51.0 Å². The molecule has 0 atom stereocenters. The Morgan fingerprint density at radius 3 is 2.88 bits per heavy atom. The minimum atomic E-state index is -0.348. The number of esters is 1. The van der Waals surface area contributed by atoms with Crippen molar-refractivity contribution in [3.8, 4) is 0 Å². The second-order valence-electron chi connectivity index (χ2n) is 6.40. The fourth-order valence-corrected chi connectivity index (χ4v) is 3.96. The molecule has 0 N–H and O–H groups in total. The molecule has 0 bridgehead atoms. The van der Waals surface area contributed by atoms with Gasteiger partial charge in [-0.1, -0.05) is 19.1 Å². The topological polar surface area (TPSA) is 56.3 Å². The zero-order valence-corrected chi connectivity index (χ0v) is 15.4. The number of hydrogen-bond donors (Lipinski definition) is 0. The number of thiazole rings is 1. The number of hydrogen-bond acceptors (Lipinski definition) is 5. The Morgan fingerprint density at radius 2 is 2.04 bits per heavy atom. The van der Waals surface area contributed by atoms with Gasteiger partial charge in [-0.2, -0.15) is 0 Å². The zero-order chi connectivity index (χ0) is 17.6. The van der Waals surface area contributed by atoms with E-state index in [4.69, 9.17) is 4.74 Å². The molecule has 3 rings (SSSR count). The Hall–Kier alpha value is -2.01. The van der Waals surface area contributed by atoms with E-state index in [0.717, 1.165) is 42.8 Å². The van der Waals surface area contributed by atoms with Gasteiger partial charge in [0, 0.05) is 17.4 Å². The summed E-state index contributed by atoms with van der Waals surface area (Å²) in [6, 6.07) is 5.91. The molecule has 1 aromatic heterocycles. The fraction of sp³-hybridized carbons (Fsp3) is 0.450. The van der Waals surface area contributed by atoms with Gasteiger partial charge in [0.15, 0.2) is 5.78 Å². The largest absolute Gasteiger partial charge is 0.459 e. The van der Waals surface area contributed by atoms with Gasteiger partial charge in [0.05, 0.1) is 17.1 Å². The van der Waals surface area contributed by atoms with Crippen molar-refractivity contribution in [2.75, 3.05) is 0 Å². The van der Waals surface area contributed by atoms with Crippen LogP contribution in [-0.2, 0) is 35.4 Å². The minimum absolute atomic E-state index is 0.00513. The first kappa shape index (κ1) is 17.8. The third-order valence-corrected chi connectivity index (χ3v) is 5.38. The van der Waals surface area contributed by atoms with E-state index in [1.165, 1.54) is 11.1 Å². The summed E-state index contributed by atoms with van der Waals surface area (Å²) in [4.78, 5) is 28.6. The number of rotatable bonds is 8. The lowest BCUT2D eigenvalue weighted by Gasteiger charge is -2.05. The Labute approximate surface area is 152 Å². The Bertz CT molecular complexity index is 766. The van der Waals surface area contributed by atoms with E-state index in [-0.39, 0.29) is 31.2 Å². The molecular formula is C20H23NO3S. The lowest BCUT2D eigenvalue weighted by molar-refractivity contribution is -0.145. The Balaban J connectivity index is 1.44. The quantitative estimate of drug-likeness (QED) is 0.522. The third-order valence-electron chi connectivity index (χ3n) is 4.42. The van der Waals surface area contributed by atoms with Crippen molar-refractivity contribution in [2.24, 2.45) is 0 Å². The molecule has 1 heterocycles. The summed E-state index contributed by atoms with van der Waals surface area (Å²) in [6.45, 7) is 2.30. The number of benzene rings is 1. The van der Waals surface area contributed by atoms with Crippen LogP contribution < -0.4 is 0 Å². The van der Waals surface area contributed by atoms with Crippen LogP contribution in [0.4, 0.5) is 0 Å². The minimum Gasteiger partial charge on any atom is -0.459 e. The highest BCUT2D eigenvalue weighted by Gasteiger charge is 2.15. The normalized spacial score (nSPS) is 12.8. The van der Waals surface area contributed by atoms with Crippen LogP contribution in [0, 0.1) is 0 Å². The van der Waals surface area contributed by atoms with E-state index in [2.05, 4.69) is 11.9 Å². The summed E-state index contributed by atoms with van der Waals surface area (Å²) >= 11 is 1.59. The molecule has 4 nitrogen and oxygen atoms in total. The molecule has 5 heteroatoms. The Morgan fingerprint density at radius 1 is 1.20 bits per heavy atom. The highest BCUT2D eigenvalue weighted by molar-refractivity contribution is 7.09. The van der Waals surface area contributed by atoms with Crippen molar-refractivity contribution in [1.29, 1.82) is 0 Å². The number of aryl methyl sites for hydroxylation is 3. The first-order valence-corrected chi connectivity index (χ1v) is 9.77. The van der Waals surface area contributed by atoms with Crippen LogP contribution >= 0.6 is 11.3 Å². The molecule has 0 saturated heterocycles. The molecule has 0 spiro atoms. The fourth-order valence-electron chi connectivity index (χ4n) is 3.08. The summed E-state index contributed by atoms with van der Waals surface area (Å²) in [5, 5.41) is 2.99. The van der Waals surface area contributed by atoms with Crippen LogP contribution in [-0.4, -0.2) is 16.7 Å². The lowest BCUT2D eigenvalue weighted by Crippen LogP contribution is -2.09. The molecule has 0 amide bonds. The smallest absolute Gasteiger partial charge is 0.306 e. The molecule has 132 valence electrons. The highest BCUT2D eigenvalue weighted by Crippen LogP contribution is 2.23. The third kappa shape index (κ3) is 4.75. The van der Waals surface area contributed by atoms with Gasteiger partial charge in [-0.25, -0.2) is 4.98 Å². The summed E-state index contributed by atoms with van der Waals surface area (Å²) in [7, 11) is 0. The lowest BCUT2D eigenvalue weighted by atomic mass is 10.0. The second kappa shape index (κ2) is 8.39. The van der Waals surface area contributed by atoms with E-state index < -0.39 is 0 Å². The predicted molar refractivity (Wildman–Crippen MR) is 97.9 cm³/mol. The number of ether oxygens (including phenoxy) is 1. The number of Topliss-reactive ketones (excluding diaryl/α,β-unsaturated/α-hetero) is 1. The van der Waals surface area contributed by atoms with Crippen LogP contribution in [0.3, 0.4) is 0 Å². The average molecular weight is 357 g/mol. The molecule has 0 unspecified atom stereocenters. The standard InChI is InChI=1S/C20H23NO3S/c1-2-4-19-21-17(13-25-19)12-24-20(23)10-9-18(22)16-8-7-14-5-3-6-15(14)11-16/h7-8,11,13H,2-6,9-10,12H2,1H3. The molecule has 1 aromatic carbocycles. The summed E-state index contributed by atoms with van der Waals surface area (Å²) in [5.74, 6) is -0.343. The van der Waals surface area contributed by atoms with Gasteiger partial charge in [0.2, 0.25) is 0 Å². The zero-order valence-electron chi connectivity index (χ0n) is 14.5. The molecule has 1 aliphatic carbocycles. The van der Waals surface area contributed by atoms with Crippen LogP contribution in [0.25, 0.3) is 0 Å². The van der Waals surface area contributed by atoms with Crippen LogP contribution in [0.5, 0.6) is 0 Å². The number of nitrogens with zero attached hydrogens (tertiary/aromatic N) is 1. The maximum atomic E-state index is 12.3. The van der Waals surface area contributed by atoms with Gasteiger partial charge >= 0.3 is 5.97 Å². The summed E-state index contributed by atoms with van der Waals surface area (Å²) < 4.78 is 5.23. The van der Waals surface area contributed by atoms with Gasteiger partial charge in [-0.05, 0) is 49.3 Å². The number of carbonyl (C=O) groups is 2. The highest BCUT2D eigenvalue weighted by atomic mass is 32.1. The first-order chi connectivity index (χ1) is 12.2. The first-order valence-electron chi connectivity index (χ1n) is 8.89. The van der Waals surface area contributed by atoms with E-state index in [1.54, 1.807) is 11.3 Å². The van der Waals surface area contributed by atoms with Gasteiger partial charge in [-0.15, -0.1) is 11.3 Å². The van der Waals surface area contributed by atoms with Crippen LogP contribution in [0.15, 0.2) is 23.6 Å². The molecule has 0 saturated carbocycles. The van der Waals surface area contributed by atoms with Gasteiger partial charge in [0.25, 0.3) is 0 Å². The second-order valence-corrected chi connectivity index (χ2v) is 7.35. The molecule has 0 radical (unpaired) electrons. The SMILES string of the molecule is CCCc1nc(COC(=O)CCC(=O)c2ccc3c(c2)CCC3)cs1. The van der Waals surface area contributed by atoms with Crippen molar-refractivity contribution in [1.82, 2.24) is 4.98 Å². The van der Waals surface area contributed by atoms with Gasteiger partial charge < -0.3 is 4.74 Å². The van der Waals surface area contributed by atoms with Crippen molar-refractivity contribution < 1.29 is 14.3 Å². The van der Waals surface area contributed by atoms with E-state index in [0.29, 0.717) is 5.56 Å². The molecule has 1 aliphatic rings. The van der Waals surface area contributed by atoms with Crippen LogP contribution in [0.1, 0.15) is 64.8 Å². The molecular weight excluding hydrogens is 334 g/mol. The van der Waals surface area contributed by atoms with E-state index in [9.17, 15) is 9.59 Å². The van der Waals surface area contributed by atoms with Gasteiger partial charge in [-0.3, -0.25) is 9.59 Å².